The minimum absolute atomic E-state index is 0.100. The number of thiocarbonyl (C=S) groups is 1. The van der Waals surface area contributed by atoms with Gasteiger partial charge >= 0.3 is 0 Å². The summed E-state index contributed by atoms with van der Waals surface area (Å²) in [4.78, 5) is 2.25. The van der Waals surface area contributed by atoms with Gasteiger partial charge in [-0.25, -0.2) is 9.40 Å². The summed E-state index contributed by atoms with van der Waals surface area (Å²) >= 11 is 10.8. The van der Waals surface area contributed by atoms with Gasteiger partial charge in [0.15, 0.2) is 5.11 Å². The molecule has 0 unspecified atom stereocenters. The minimum Gasteiger partial charge on any atom is -0.332 e. The lowest BCUT2D eigenvalue weighted by molar-refractivity contribution is 0.131. The van der Waals surface area contributed by atoms with Crippen molar-refractivity contribution in [2.45, 2.75) is 0 Å². The largest absolute Gasteiger partial charge is 0.332 e. The molecule has 1 heterocycles. The fourth-order valence-electron chi connectivity index (χ4n) is 1.79. The molecule has 1 fully saturated rings. The zero-order valence-corrected chi connectivity index (χ0v) is 12.2. The molecule has 104 valence electrons. The Morgan fingerprint density at radius 2 is 2.00 bits per heavy atom. The highest BCUT2D eigenvalue weighted by Gasteiger charge is 2.14. The molecule has 1 aromatic carbocycles. The van der Waals surface area contributed by atoms with Gasteiger partial charge < -0.3 is 10.2 Å². The van der Waals surface area contributed by atoms with E-state index in [9.17, 15) is 4.39 Å². The van der Waals surface area contributed by atoms with Crippen LogP contribution in [0.1, 0.15) is 0 Å². The van der Waals surface area contributed by atoms with Crippen molar-refractivity contribution in [3.8, 4) is 0 Å². The topological polar surface area (TPSA) is 30.5 Å². The summed E-state index contributed by atoms with van der Waals surface area (Å²) in [6.07, 6.45) is 0. The van der Waals surface area contributed by atoms with Crippen LogP contribution in [-0.2, 0) is 0 Å². The Hall–Kier alpha value is -0.950. The molecule has 1 aliphatic heterocycles. The predicted octanol–water partition coefficient (Wildman–Crippen LogP) is 1.93. The van der Waals surface area contributed by atoms with E-state index in [0.29, 0.717) is 10.8 Å². The van der Waals surface area contributed by atoms with E-state index in [-0.39, 0.29) is 5.02 Å². The molecule has 1 saturated heterocycles. The standard InChI is InChI=1S/C12H16ClFN4S/c1-17-4-6-18(7-5-17)16-12(19)15-9-2-3-10(13)11(14)8-9/h2-3,8H,4-7H2,1H3,(H2,15,16,19). The van der Waals surface area contributed by atoms with E-state index in [1.165, 1.54) is 12.1 Å². The molecule has 2 N–H and O–H groups in total. The molecule has 0 radical (unpaired) electrons. The van der Waals surface area contributed by atoms with Gasteiger partial charge in [-0.05, 0) is 37.5 Å². The SMILES string of the molecule is CN1CCN(NC(=S)Nc2ccc(Cl)c(F)c2)CC1. The van der Waals surface area contributed by atoms with Crippen LogP contribution in [0, 0.1) is 5.82 Å². The summed E-state index contributed by atoms with van der Waals surface area (Å²) in [5.41, 5.74) is 3.67. The summed E-state index contributed by atoms with van der Waals surface area (Å²) in [7, 11) is 2.09. The van der Waals surface area contributed by atoms with E-state index in [2.05, 4.69) is 22.7 Å². The van der Waals surface area contributed by atoms with E-state index in [1.807, 2.05) is 5.01 Å². The Labute approximate surface area is 122 Å². The molecule has 0 spiro atoms. The predicted molar refractivity (Wildman–Crippen MR) is 79.8 cm³/mol. The van der Waals surface area contributed by atoms with Crippen molar-refractivity contribution in [3.63, 3.8) is 0 Å². The average Bonchev–Trinajstić information content (AvgIpc) is 2.37. The summed E-state index contributed by atoms with van der Waals surface area (Å²) in [6.45, 7) is 3.77. The van der Waals surface area contributed by atoms with Crippen LogP contribution < -0.4 is 10.7 Å². The van der Waals surface area contributed by atoms with Gasteiger partial charge in [0.25, 0.3) is 0 Å². The number of hydrogen-bond donors (Lipinski definition) is 2. The first-order chi connectivity index (χ1) is 9.04. The Morgan fingerprint density at radius 1 is 1.32 bits per heavy atom. The van der Waals surface area contributed by atoms with Crippen molar-refractivity contribution < 1.29 is 4.39 Å². The van der Waals surface area contributed by atoms with Gasteiger partial charge in [-0.3, -0.25) is 5.43 Å². The van der Waals surface area contributed by atoms with Gasteiger partial charge in [0.2, 0.25) is 0 Å². The zero-order chi connectivity index (χ0) is 13.8. The normalized spacial score (nSPS) is 17.2. The third-order valence-corrected chi connectivity index (χ3v) is 3.44. The molecular formula is C12H16ClFN4S. The van der Waals surface area contributed by atoms with Gasteiger partial charge in [-0.1, -0.05) is 11.6 Å². The highest BCUT2D eigenvalue weighted by atomic mass is 35.5. The van der Waals surface area contributed by atoms with Crippen LogP contribution in [-0.4, -0.2) is 48.2 Å². The molecular weight excluding hydrogens is 287 g/mol. The molecule has 19 heavy (non-hydrogen) atoms. The Kier molecular flexibility index (Phi) is 4.93. The average molecular weight is 303 g/mol. The first kappa shape index (κ1) is 14.5. The lowest BCUT2D eigenvalue weighted by atomic mass is 10.3. The quantitative estimate of drug-likeness (QED) is 0.815. The van der Waals surface area contributed by atoms with E-state index >= 15 is 0 Å². The van der Waals surface area contributed by atoms with Crippen molar-refractivity contribution in [1.29, 1.82) is 0 Å². The van der Waals surface area contributed by atoms with Crippen molar-refractivity contribution in [1.82, 2.24) is 15.3 Å². The number of hydrogen-bond acceptors (Lipinski definition) is 3. The Balaban J connectivity index is 1.85. The van der Waals surface area contributed by atoms with Crippen LogP contribution in [0.4, 0.5) is 10.1 Å². The third kappa shape index (κ3) is 4.28. The van der Waals surface area contributed by atoms with Gasteiger partial charge in [-0.15, -0.1) is 0 Å². The number of hydrazine groups is 1. The van der Waals surface area contributed by atoms with Crippen molar-refractivity contribution in [2.75, 3.05) is 38.5 Å². The molecule has 1 aromatic rings. The van der Waals surface area contributed by atoms with Crippen LogP contribution in [0.25, 0.3) is 0 Å². The molecule has 0 bridgehead atoms. The molecule has 0 aromatic heterocycles. The number of nitrogens with one attached hydrogen (secondary N) is 2. The zero-order valence-electron chi connectivity index (χ0n) is 10.6. The second-order valence-electron chi connectivity index (χ2n) is 4.49. The number of rotatable bonds is 2. The van der Waals surface area contributed by atoms with E-state index < -0.39 is 5.82 Å². The monoisotopic (exact) mass is 302 g/mol. The maximum Gasteiger partial charge on any atom is 0.185 e. The van der Waals surface area contributed by atoms with Gasteiger partial charge in [0, 0.05) is 31.9 Å². The van der Waals surface area contributed by atoms with Crippen molar-refractivity contribution >= 4 is 34.6 Å². The summed E-state index contributed by atoms with van der Waals surface area (Å²) in [5.74, 6) is -0.464. The maximum absolute atomic E-state index is 13.3. The number of benzene rings is 1. The lowest BCUT2D eigenvalue weighted by Crippen LogP contribution is -2.53. The number of piperazine rings is 1. The summed E-state index contributed by atoms with van der Waals surface area (Å²) in [6, 6.07) is 4.50. The number of halogens is 2. The molecule has 0 atom stereocenters. The molecule has 0 aliphatic carbocycles. The van der Waals surface area contributed by atoms with Crippen LogP contribution in [0.2, 0.25) is 5.02 Å². The highest BCUT2D eigenvalue weighted by Crippen LogP contribution is 2.18. The second kappa shape index (κ2) is 6.47. The Bertz CT molecular complexity index is 463. The smallest absolute Gasteiger partial charge is 0.185 e. The van der Waals surface area contributed by atoms with Crippen LogP contribution in [0.5, 0.6) is 0 Å². The molecule has 0 saturated carbocycles. The number of nitrogens with zero attached hydrogens (tertiary/aromatic N) is 2. The molecule has 1 aliphatic rings. The number of likely N-dealkylation sites (N-methyl/N-ethyl adjacent to an activating group) is 1. The van der Waals surface area contributed by atoms with Gasteiger partial charge in [0.05, 0.1) is 5.02 Å². The molecule has 2 rings (SSSR count). The molecule has 7 heteroatoms. The van der Waals surface area contributed by atoms with Crippen molar-refractivity contribution in [3.05, 3.63) is 29.0 Å². The maximum atomic E-state index is 13.3. The molecule has 4 nitrogen and oxygen atoms in total. The summed E-state index contributed by atoms with van der Waals surface area (Å²) in [5, 5.41) is 5.53. The van der Waals surface area contributed by atoms with Gasteiger partial charge in [0.1, 0.15) is 5.82 Å². The van der Waals surface area contributed by atoms with E-state index in [1.54, 1.807) is 6.07 Å². The Morgan fingerprint density at radius 3 is 2.63 bits per heavy atom. The minimum atomic E-state index is -0.464. The van der Waals surface area contributed by atoms with Crippen LogP contribution in [0.15, 0.2) is 18.2 Å². The summed E-state index contributed by atoms with van der Waals surface area (Å²) < 4.78 is 13.3. The van der Waals surface area contributed by atoms with Crippen LogP contribution in [0.3, 0.4) is 0 Å². The number of anilines is 1. The third-order valence-electron chi connectivity index (χ3n) is 2.94. The van der Waals surface area contributed by atoms with Gasteiger partial charge in [-0.2, -0.15) is 0 Å². The van der Waals surface area contributed by atoms with E-state index in [0.717, 1.165) is 26.2 Å². The van der Waals surface area contributed by atoms with E-state index in [4.69, 9.17) is 23.8 Å². The van der Waals surface area contributed by atoms with Crippen LogP contribution >= 0.6 is 23.8 Å². The molecule has 0 amide bonds. The lowest BCUT2D eigenvalue weighted by Gasteiger charge is -2.33. The second-order valence-corrected chi connectivity index (χ2v) is 5.30. The fourth-order valence-corrected chi connectivity index (χ4v) is 2.16. The highest BCUT2D eigenvalue weighted by molar-refractivity contribution is 7.80. The fraction of sp³-hybridized carbons (Fsp3) is 0.417. The first-order valence-corrected chi connectivity index (χ1v) is 6.79. The van der Waals surface area contributed by atoms with Crippen molar-refractivity contribution in [2.24, 2.45) is 0 Å². The first-order valence-electron chi connectivity index (χ1n) is 6.01.